The van der Waals surface area contributed by atoms with Crippen molar-refractivity contribution in [1.29, 1.82) is 0 Å². The second kappa shape index (κ2) is 5.77. The molecule has 4 nitrogen and oxygen atoms in total. The molecule has 4 N–H and O–H groups in total. The molecule has 0 fully saturated rings. The Balaban J connectivity index is 1.82. The summed E-state index contributed by atoms with van der Waals surface area (Å²) in [4.78, 5) is 13.1. The van der Waals surface area contributed by atoms with Crippen LogP contribution in [-0.4, -0.2) is 13.0 Å². The van der Waals surface area contributed by atoms with Crippen LogP contribution in [-0.2, 0) is 6.42 Å². The molecule has 1 aliphatic carbocycles. The maximum absolute atomic E-state index is 11.6. The van der Waals surface area contributed by atoms with Crippen molar-refractivity contribution in [2.24, 2.45) is 0 Å². The van der Waals surface area contributed by atoms with Gasteiger partial charge in [0.2, 0.25) is 0 Å². The fraction of sp³-hybridized carbons (Fsp3) is 0.312. The van der Waals surface area contributed by atoms with E-state index in [1.807, 2.05) is 17.4 Å². The lowest BCUT2D eigenvalue weighted by Gasteiger charge is -2.25. The van der Waals surface area contributed by atoms with E-state index < -0.39 is 0 Å². The van der Waals surface area contributed by atoms with Crippen molar-refractivity contribution in [1.82, 2.24) is 5.32 Å². The first-order chi connectivity index (χ1) is 10.2. The number of amides is 1. The van der Waals surface area contributed by atoms with Crippen LogP contribution in [0.1, 0.15) is 39.7 Å². The van der Waals surface area contributed by atoms with Gasteiger partial charge >= 0.3 is 0 Å². The molecule has 5 heteroatoms. The number of carbonyl (C=O) groups excluding carboxylic acids is 1. The first-order valence-corrected chi connectivity index (χ1v) is 8.01. The summed E-state index contributed by atoms with van der Waals surface area (Å²) in [6, 6.07) is 7.92. The summed E-state index contributed by atoms with van der Waals surface area (Å²) in [6.07, 6.45) is 3.48. The Morgan fingerprint density at radius 2 is 2.24 bits per heavy atom. The van der Waals surface area contributed by atoms with Crippen LogP contribution in [0, 0.1) is 0 Å². The topological polar surface area (TPSA) is 67.2 Å². The van der Waals surface area contributed by atoms with Crippen molar-refractivity contribution in [3.8, 4) is 0 Å². The van der Waals surface area contributed by atoms with Gasteiger partial charge in [0, 0.05) is 17.5 Å². The zero-order valence-corrected chi connectivity index (χ0v) is 12.8. The highest BCUT2D eigenvalue weighted by atomic mass is 32.1. The van der Waals surface area contributed by atoms with Crippen LogP contribution in [0.4, 0.5) is 11.4 Å². The Bertz CT molecular complexity index is 665. The summed E-state index contributed by atoms with van der Waals surface area (Å²) >= 11 is 1.83. The number of hydrogen-bond donors (Lipinski definition) is 3. The van der Waals surface area contributed by atoms with Crippen LogP contribution in [0.2, 0.25) is 0 Å². The van der Waals surface area contributed by atoms with Crippen molar-refractivity contribution in [3.63, 3.8) is 0 Å². The van der Waals surface area contributed by atoms with Crippen molar-refractivity contribution in [3.05, 3.63) is 45.6 Å². The van der Waals surface area contributed by atoms with Gasteiger partial charge in [-0.15, -0.1) is 11.3 Å². The molecule has 0 spiro atoms. The fourth-order valence-corrected chi connectivity index (χ4v) is 3.79. The van der Waals surface area contributed by atoms with Gasteiger partial charge in [-0.3, -0.25) is 4.79 Å². The third-order valence-corrected chi connectivity index (χ3v) is 4.92. The number of fused-ring (bicyclic) bond motifs is 1. The summed E-state index contributed by atoms with van der Waals surface area (Å²) in [5, 5.41) is 8.29. The summed E-state index contributed by atoms with van der Waals surface area (Å²) in [5.41, 5.74) is 9.56. The van der Waals surface area contributed by atoms with Gasteiger partial charge < -0.3 is 16.4 Å². The summed E-state index contributed by atoms with van der Waals surface area (Å²) in [7, 11) is 1.62. The highest BCUT2D eigenvalue weighted by Gasteiger charge is 2.21. The molecular weight excluding hydrogens is 282 g/mol. The molecule has 0 aliphatic heterocycles. The summed E-state index contributed by atoms with van der Waals surface area (Å²) in [5.74, 6) is -0.119. The van der Waals surface area contributed by atoms with Gasteiger partial charge in [0.15, 0.2) is 0 Å². The highest BCUT2D eigenvalue weighted by Crippen LogP contribution is 2.36. The number of thiophene rings is 1. The van der Waals surface area contributed by atoms with E-state index in [2.05, 4.69) is 22.1 Å². The first kappa shape index (κ1) is 13.9. The van der Waals surface area contributed by atoms with Crippen LogP contribution >= 0.6 is 11.3 Å². The quantitative estimate of drug-likeness (QED) is 0.763. The van der Waals surface area contributed by atoms with Crippen LogP contribution in [0.3, 0.4) is 0 Å². The number of rotatable bonds is 3. The highest BCUT2D eigenvalue weighted by molar-refractivity contribution is 7.10. The lowest BCUT2D eigenvalue weighted by atomic mass is 9.93. The van der Waals surface area contributed by atoms with Gasteiger partial charge in [-0.25, -0.2) is 0 Å². The molecule has 1 aliphatic rings. The average molecular weight is 301 g/mol. The molecule has 2 aromatic rings. The minimum atomic E-state index is -0.119. The molecule has 3 rings (SSSR count). The maximum atomic E-state index is 11.6. The standard InChI is InChI=1S/C16H19N3OS/c1-18-16(20)10-5-6-14(12(17)9-10)19-13-3-2-4-15-11(13)7-8-21-15/h5-9,13,19H,2-4,17H2,1H3,(H,18,20). The number of aryl methyl sites for hydroxylation is 1. The van der Waals surface area contributed by atoms with E-state index in [-0.39, 0.29) is 5.91 Å². The molecule has 1 atom stereocenters. The third-order valence-electron chi connectivity index (χ3n) is 3.92. The van der Waals surface area contributed by atoms with Crippen molar-refractivity contribution >= 4 is 28.6 Å². The molecule has 0 bridgehead atoms. The van der Waals surface area contributed by atoms with Crippen molar-refractivity contribution < 1.29 is 4.79 Å². The van der Waals surface area contributed by atoms with Crippen molar-refractivity contribution in [2.75, 3.05) is 18.1 Å². The zero-order valence-electron chi connectivity index (χ0n) is 12.0. The largest absolute Gasteiger partial charge is 0.397 e. The molecule has 110 valence electrons. The van der Waals surface area contributed by atoms with Gasteiger partial charge in [0.05, 0.1) is 17.4 Å². The third kappa shape index (κ3) is 2.74. The van der Waals surface area contributed by atoms with E-state index >= 15 is 0 Å². The molecule has 0 radical (unpaired) electrons. The number of anilines is 2. The van der Waals surface area contributed by atoms with E-state index in [1.54, 1.807) is 19.2 Å². The van der Waals surface area contributed by atoms with Crippen LogP contribution in [0.5, 0.6) is 0 Å². The molecule has 1 amide bonds. The molecule has 1 aromatic carbocycles. The van der Waals surface area contributed by atoms with E-state index in [4.69, 9.17) is 5.73 Å². The second-order valence-electron chi connectivity index (χ2n) is 5.27. The Hall–Kier alpha value is -2.01. The van der Waals surface area contributed by atoms with Gasteiger partial charge in [0.1, 0.15) is 0 Å². The Morgan fingerprint density at radius 1 is 1.38 bits per heavy atom. The van der Waals surface area contributed by atoms with Crippen LogP contribution in [0.15, 0.2) is 29.6 Å². The van der Waals surface area contributed by atoms with E-state index in [0.717, 1.165) is 12.1 Å². The van der Waals surface area contributed by atoms with E-state index in [0.29, 0.717) is 17.3 Å². The van der Waals surface area contributed by atoms with Gasteiger partial charge in [0.25, 0.3) is 5.91 Å². The SMILES string of the molecule is CNC(=O)c1ccc(NC2CCCc3sccc32)c(N)c1. The number of nitrogens with two attached hydrogens (primary N) is 1. The minimum Gasteiger partial charge on any atom is -0.397 e. The predicted octanol–water partition coefficient (Wildman–Crippen LogP) is 3.18. The van der Waals surface area contributed by atoms with Gasteiger partial charge in [-0.1, -0.05) is 0 Å². The van der Waals surface area contributed by atoms with Crippen LogP contribution < -0.4 is 16.4 Å². The van der Waals surface area contributed by atoms with Gasteiger partial charge in [-0.2, -0.15) is 0 Å². The molecule has 21 heavy (non-hydrogen) atoms. The number of nitrogen functional groups attached to an aromatic ring is 1. The molecule has 0 saturated carbocycles. The van der Waals surface area contributed by atoms with E-state index in [9.17, 15) is 4.79 Å². The zero-order chi connectivity index (χ0) is 14.8. The lowest BCUT2D eigenvalue weighted by Crippen LogP contribution is -2.19. The van der Waals surface area contributed by atoms with Gasteiger partial charge in [-0.05, 0) is 54.5 Å². The lowest BCUT2D eigenvalue weighted by molar-refractivity contribution is 0.0963. The molecule has 0 saturated heterocycles. The van der Waals surface area contributed by atoms with Crippen LogP contribution in [0.25, 0.3) is 0 Å². The van der Waals surface area contributed by atoms with E-state index in [1.165, 1.54) is 23.3 Å². The Kier molecular flexibility index (Phi) is 3.84. The number of hydrogen-bond acceptors (Lipinski definition) is 4. The number of benzene rings is 1. The van der Waals surface area contributed by atoms with Crippen molar-refractivity contribution in [2.45, 2.75) is 25.3 Å². The normalized spacial score (nSPS) is 17.1. The summed E-state index contributed by atoms with van der Waals surface area (Å²) < 4.78 is 0. The molecule has 1 unspecified atom stereocenters. The second-order valence-corrected chi connectivity index (χ2v) is 6.27. The fourth-order valence-electron chi connectivity index (χ4n) is 2.80. The number of nitrogens with one attached hydrogen (secondary N) is 2. The minimum absolute atomic E-state index is 0.119. The molecule has 1 heterocycles. The first-order valence-electron chi connectivity index (χ1n) is 7.13. The molecule has 1 aromatic heterocycles. The Morgan fingerprint density at radius 3 is 3.00 bits per heavy atom. The Labute approximate surface area is 128 Å². The predicted molar refractivity (Wildman–Crippen MR) is 87.9 cm³/mol. The average Bonchev–Trinajstić information content (AvgIpc) is 2.98. The summed E-state index contributed by atoms with van der Waals surface area (Å²) in [6.45, 7) is 0. The monoisotopic (exact) mass is 301 g/mol. The number of carbonyl (C=O) groups is 1. The maximum Gasteiger partial charge on any atom is 0.251 e. The smallest absolute Gasteiger partial charge is 0.251 e. The molecular formula is C16H19N3OS.